The molecule has 5 nitrogen and oxygen atoms in total. The van der Waals surface area contributed by atoms with Gasteiger partial charge in [-0.2, -0.15) is 5.10 Å². The van der Waals surface area contributed by atoms with Crippen molar-refractivity contribution in [3.05, 3.63) is 51.8 Å². The molecule has 0 aliphatic carbocycles. The summed E-state index contributed by atoms with van der Waals surface area (Å²) in [4.78, 5) is 0. The van der Waals surface area contributed by atoms with Gasteiger partial charge < -0.3 is 14.8 Å². The Kier molecular flexibility index (Phi) is 4.86. The van der Waals surface area contributed by atoms with Crippen molar-refractivity contribution in [3.63, 3.8) is 0 Å². The summed E-state index contributed by atoms with van der Waals surface area (Å²) < 4.78 is 13.6. The van der Waals surface area contributed by atoms with Crippen LogP contribution in [-0.4, -0.2) is 22.9 Å². The fourth-order valence-corrected chi connectivity index (χ4v) is 4.27. The molecule has 0 amide bonds. The maximum atomic E-state index is 6.12. The van der Waals surface area contributed by atoms with E-state index in [2.05, 4.69) is 49.4 Å². The quantitative estimate of drug-likeness (QED) is 0.892. The molecular formula is C21H29N3O2. The van der Waals surface area contributed by atoms with E-state index in [0.29, 0.717) is 12.0 Å². The Balaban J connectivity index is 1.43. The van der Waals surface area contributed by atoms with Gasteiger partial charge in [0.25, 0.3) is 0 Å². The van der Waals surface area contributed by atoms with Crippen molar-refractivity contribution in [2.75, 3.05) is 13.2 Å². The van der Waals surface area contributed by atoms with Crippen LogP contribution in [-0.2, 0) is 29.7 Å². The minimum absolute atomic E-state index is 0.150. The summed E-state index contributed by atoms with van der Waals surface area (Å²) in [6.07, 6.45) is 1.24. The van der Waals surface area contributed by atoms with Crippen LogP contribution in [0.1, 0.15) is 59.1 Å². The molecule has 1 unspecified atom stereocenters. The molecule has 3 heterocycles. The Morgan fingerprint density at radius 1 is 1.27 bits per heavy atom. The van der Waals surface area contributed by atoms with Gasteiger partial charge in [-0.1, -0.05) is 18.2 Å². The van der Waals surface area contributed by atoms with Gasteiger partial charge in [-0.15, -0.1) is 0 Å². The maximum Gasteiger partial charge on any atom is 0.0901 e. The fraction of sp³-hybridized carbons (Fsp3) is 0.571. The number of rotatable bonds is 5. The van der Waals surface area contributed by atoms with E-state index in [9.17, 15) is 0 Å². The minimum atomic E-state index is 0.150. The van der Waals surface area contributed by atoms with Crippen molar-refractivity contribution in [1.82, 2.24) is 15.1 Å². The number of aromatic nitrogens is 2. The first kappa shape index (κ1) is 17.7. The first-order valence-electron chi connectivity index (χ1n) is 9.59. The monoisotopic (exact) mass is 355 g/mol. The van der Waals surface area contributed by atoms with Crippen LogP contribution >= 0.6 is 0 Å². The Bertz CT molecular complexity index is 799. The lowest BCUT2D eigenvalue weighted by molar-refractivity contribution is 0.0888. The van der Waals surface area contributed by atoms with Crippen LogP contribution in [0.4, 0.5) is 0 Å². The van der Waals surface area contributed by atoms with Gasteiger partial charge in [0.05, 0.1) is 25.0 Å². The van der Waals surface area contributed by atoms with Crippen molar-refractivity contribution < 1.29 is 9.47 Å². The Labute approximate surface area is 155 Å². The van der Waals surface area contributed by atoms with Crippen LogP contribution in [0.25, 0.3) is 0 Å². The first-order chi connectivity index (χ1) is 12.5. The van der Waals surface area contributed by atoms with Gasteiger partial charge >= 0.3 is 0 Å². The highest BCUT2D eigenvalue weighted by molar-refractivity contribution is 5.34. The molecule has 1 aromatic carbocycles. The zero-order valence-corrected chi connectivity index (χ0v) is 16.2. The predicted molar refractivity (Wildman–Crippen MR) is 101 cm³/mol. The van der Waals surface area contributed by atoms with Gasteiger partial charge in [0.1, 0.15) is 0 Å². The molecule has 5 heteroatoms. The Morgan fingerprint density at radius 2 is 2.08 bits per heavy atom. The number of ether oxygens (including phenoxy) is 2. The third-order valence-electron chi connectivity index (χ3n) is 6.00. The highest BCUT2D eigenvalue weighted by Crippen LogP contribution is 2.37. The van der Waals surface area contributed by atoms with Gasteiger partial charge in [0.15, 0.2) is 0 Å². The zero-order chi connectivity index (χ0) is 18.3. The molecule has 1 N–H and O–H groups in total. The first-order valence-corrected chi connectivity index (χ1v) is 9.59. The molecule has 2 aromatic rings. The van der Waals surface area contributed by atoms with Gasteiger partial charge in [0.2, 0.25) is 0 Å². The van der Waals surface area contributed by atoms with Gasteiger partial charge in [-0.05, 0) is 43.9 Å². The van der Waals surface area contributed by atoms with E-state index in [0.717, 1.165) is 38.5 Å². The smallest absolute Gasteiger partial charge is 0.0901 e. The van der Waals surface area contributed by atoms with Crippen molar-refractivity contribution in [2.45, 2.75) is 52.6 Å². The molecule has 140 valence electrons. The van der Waals surface area contributed by atoms with E-state index >= 15 is 0 Å². The van der Waals surface area contributed by atoms with E-state index in [1.165, 1.54) is 27.9 Å². The number of hydrogen-bond donors (Lipinski definition) is 1. The highest BCUT2D eigenvalue weighted by atomic mass is 16.5. The topological polar surface area (TPSA) is 48.3 Å². The third kappa shape index (κ3) is 3.20. The molecule has 2 aliphatic heterocycles. The van der Waals surface area contributed by atoms with Gasteiger partial charge in [0, 0.05) is 43.4 Å². The number of fused-ring (bicyclic) bond motifs is 1. The second-order valence-electron chi connectivity index (χ2n) is 7.70. The lowest BCUT2D eigenvalue weighted by atomic mass is 9.93. The van der Waals surface area contributed by atoms with E-state index in [4.69, 9.17) is 9.47 Å². The number of benzene rings is 1. The van der Waals surface area contributed by atoms with Gasteiger partial charge in [-0.3, -0.25) is 4.68 Å². The van der Waals surface area contributed by atoms with E-state index in [-0.39, 0.29) is 6.10 Å². The molecule has 1 saturated heterocycles. The number of nitrogens with zero attached hydrogens (tertiary/aromatic N) is 2. The lowest BCUT2D eigenvalue weighted by Crippen LogP contribution is -2.27. The van der Waals surface area contributed by atoms with Crippen molar-refractivity contribution in [3.8, 4) is 0 Å². The van der Waals surface area contributed by atoms with Crippen LogP contribution in [0, 0.1) is 19.8 Å². The predicted octanol–water partition coefficient (Wildman–Crippen LogP) is 3.50. The molecule has 4 rings (SSSR count). The number of nitrogens with one attached hydrogen (secondary N) is 1. The SMILES string of the molecule is Cc1nn(C)c(C)c1[C@H]1OCC[C@@H]1CNC(C)c1ccc2c(c1)COC2. The summed E-state index contributed by atoms with van der Waals surface area (Å²) in [5.74, 6) is 0.483. The summed E-state index contributed by atoms with van der Waals surface area (Å²) in [5, 5.41) is 8.30. The van der Waals surface area contributed by atoms with E-state index in [1.54, 1.807) is 0 Å². The number of aryl methyl sites for hydroxylation is 2. The van der Waals surface area contributed by atoms with Crippen LogP contribution < -0.4 is 5.32 Å². The summed E-state index contributed by atoms with van der Waals surface area (Å²) in [6, 6.07) is 7.04. The standard InChI is InChI=1S/C21H29N3O2/c1-13(16-5-6-18-11-25-12-19(18)9-16)22-10-17-7-8-26-21(17)20-14(2)23-24(4)15(20)3/h5-6,9,13,17,21-22H,7-8,10-12H2,1-4H3/t13?,17-,21+/m1/s1. The van der Waals surface area contributed by atoms with Crippen LogP contribution in [0.2, 0.25) is 0 Å². The highest BCUT2D eigenvalue weighted by Gasteiger charge is 2.33. The zero-order valence-electron chi connectivity index (χ0n) is 16.2. The maximum absolute atomic E-state index is 6.12. The van der Waals surface area contributed by atoms with Gasteiger partial charge in [-0.25, -0.2) is 0 Å². The molecule has 0 bridgehead atoms. The Morgan fingerprint density at radius 3 is 2.85 bits per heavy atom. The molecule has 26 heavy (non-hydrogen) atoms. The second kappa shape index (κ2) is 7.14. The molecule has 1 fully saturated rings. The van der Waals surface area contributed by atoms with Crippen molar-refractivity contribution in [1.29, 1.82) is 0 Å². The van der Waals surface area contributed by atoms with E-state index < -0.39 is 0 Å². The Hall–Kier alpha value is -1.69. The molecule has 0 radical (unpaired) electrons. The molecule has 3 atom stereocenters. The molecule has 2 aliphatic rings. The van der Waals surface area contributed by atoms with Crippen molar-refractivity contribution >= 4 is 0 Å². The largest absolute Gasteiger partial charge is 0.373 e. The number of hydrogen-bond acceptors (Lipinski definition) is 4. The summed E-state index contributed by atoms with van der Waals surface area (Å²) in [5.41, 5.74) is 7.57. The molecule has 0 spiro atoms. The molecule has 0 saturated carbocycles. The fourth-order valence-electron chi connectivity index (χ4n) is 4.27. The minimum Gasteiger partial charge on any atom is -0.373 e. The second-order valence-corrected chi connectivity index (χ2v) is 7.70. The molecular weight excluding hydrogens is 326 g/mol. The van der Waals surface area contributed by atoms with Crippen LogP contribution in [0.5, 0.6) is 0 Å². The van der Waals surface area contributed by atoms with Crippen LogP contribution in [0.15, 0.2) is 18.2 Å². The summed E-state index contributed by atoms with van der Waals surface area (Å²) >= 11 is 0. The van der Waals surface area contributed by atoms with Crippen LogP contribution in [0.3, 0.4) is 0 Å². The molecule has 1 aromatic heterocycles. The van der Waals surface area contributed by atoms with E-state index in [1.807, 2.05) is 11.7 Å². The van der Waals surface area contributed by atoms with Crippen molar-refractivity contribution in [2.24, 2.45) is 13.0 Å². The summed E-state index contributed by atoms with van der Waals surface area (Å²) in [7, 11) is 2.01. The average Bonchev–Trinajstić information content (AvgIpc) is 3.32. The third-order valence-corrected chi connectivity index (χ3v) is 6.00. The average molecular weight is 355 g/mol. The normalized spacial score (nSPS) is 23.4. The summed E-state index contributed by atoms with van der Waals surface area (Å²) in [6.45, 7) is 9.74. The lowest BCUT2D eigenvalue weighted by Gasteiger charge is -2.22.